The van der Waals surface area contributed by atoms with Crippen LogP contribution in [0.5, 0.6) is 23.0 Å². The lowest BCUT2D eigenvalue weighted by Crippen LogP contribution is -2.08. The van der Waals surface area contributed by atoms with Crippen molar-refractivity contribution in [2.24, 2.45) is 5.92 Å². The largest absolute Gasteiger partial charge is 0.494 e. The summed E-state index contributed by atoms with van der Waals surface area (Å²) in [7, 11) is 0. The van der Waals surface area contributed by atoms with Gasteiger partial charge in [0.15, 0.2) is 0 Å². The predicted molar refractivity (Wildman–Crippen MR) is 225 cm³/mol. The van der Waals surface area contributed by atoms with Gasteiger partial charge < -0.3 is 14.2 Å². The van der Waals surface area contributed by atoms with E-state index in [0.29, 0.717) is 17.2 Å². The number of carbonyl (C=O) groups is 1. The van der Waals surface area contributed by atoms with Crippen molar-refractivity contribution in [3.63, 3.8) is 0 Å². The van der Waals surface area contributed by atoms with Gasteiger partial charge >= 0.3 is 5.97 Å². The van der Waals surface area contributed by atoms with Crippen LogP contribution in [0, 0.1) is 5.92 Å². The number of ether oxygens (including phenoxy) is 3. The van der Waals surface area contributed by atoms with Gasteiger partial charge in [-0.05, 0) is 112 Å². The van der Waals surface area contributed by atoms with E-state index in [0.717, 1.165) is 76.3 Å². The molecule has 1 atom stereocenters. The highest BCUT2D eigenvalue weighted by Gasteiger charge is 2.11. The molecule has 0 spiro atoms. The van der Waals surface area contributed by atoms with E-state index in [2.05, 4.69) is 45.0 Å². The van der Waals surface area contributed by atoms with Crippen molar-refractivity contribution in [1.29, 1.82) is 0 Å². The summed E-state index contributed by atoms with van der Waals surface area (Å²) < 4.78 is 17.9. The van der Waals surface area contributed by atoms with Gasteiger partial charge in [-0.15, -0.1) is 0 Å². The van der Waals surface area contributed by atoms with E-state index >= 15 is 0 Å². The number of hydrogen-bond acceptors (Lipinski definition) is 5. The lowest BCUT2D eigenvalue weighted by molar-refractivity contribution is 0.0735. The SMILES string of the molecule is CCCCCCCCCCCCOc1ccc(-c2ccc(OC(=O)c3ccc4cc(Oc5ccc(CC(=S)CC(C)CC)cc5)ccc4c3)cc2)cc1. The van der Waals surface area contributed by atoms with Gasteiger partial charge in [-0.25, -0.2) is 4.79 Å². The molecule has 5 aromatic carbocycles. The van der Waals surface area contributed by atoms with Gasteiger partial charge in [0.25, 0.3) is 0 Å². The molecule has 4 nitrogen and oxygen atoms in total. The van der Waals surface area contributed by atoms with E-state index in [-0.39, 0.29) is 0 Å². The highest BCUT2D eigenvalue weighted by atomic mass is 32.1. The van der Waals surface area contributed by atoms with E-state index in [1.54, 1.807) is 6.07 Å². The minimum atomic E-state index is -0.396. The molecule has 0 N–H and O–H groups in total. The molecule has 53 heavy (non-hydrogen) atoms. The monoisotopic (exact) mass is 728 g/mol. The first-order chi connectivity index (χ1) is 25.9. The third kappa shape index (κ3) is 13.2. The molecule has 0 saturated carbocycles. The summed E-state index contributed by atoms with van der Waals surface area (Å²) in [6.45, 7) is 7.47. The molecule has 5 aromatic rings. The molecule has 0 fully saturated rings. The van der Waals surface area contributed by atoms with Gasteiger partial charge in [0.2, 0.25) is 0 Å². The van der Waals surface area contributed by atoms with Crippen LogP contribution < -0.4 is 14.2 Å². The summed E-state index contributed by atoms with van der Waals surface area (Å²) in [5.41, 5.74) is 3.82. The fourth-order valence-corrected chi connectivity index (χ4v) is 6.91. The van der Waals surface area contributed by atoms with Crippen LogP contribution in [0.15, 0.2) is 109 Å². The Hall–Kier alpha value is -4.48. The van der Waals surface area contributed by atoms with Crippen molar-refractivity contribution >= 4 is 33.8 Å². The predicted octanol–water partition coefficient (Wildman–Crippen LogP) is 14.2. The number of unbranched alkanes of at least 4 members (excludes halogenated alkanes) is 9. The van der Waals surface area contributed by atoms with Gasteiger partial charge in [-0.1, -0.05) is 146 Å². The van der Waals surface area contributed by atoms with Crippen molar-refractivity contribution < 1.29 is 19.0 Å². The second-order valence-corrected chi connectivity index (χ2v) is 14.9. The van der Waals surface area contributed by atoms with E-state index in [1.807, 2.05) is 78.9 Å². The number of esters is 1. The average molecular weight is 729 g/mol. The maximum Gasteiger partial charge on any atom is 0.343 e. The van der Waals surface area contributed by atoms with E-state index in [1.165, 1.54) is 63.4 Å². The molecule has 0 amide bonds. The Morgan fingerprint density at radius 1 is 0.604 bits per heavy atom. The minimum Gasteiger partial charge on any atom is -0.494 e. The molecular formula is C48H56O4S. The Balaban J connectivity index is 1.05. The summed E-state index contributed by atoms with van der Waals surface area (Å²) in [4.78, 5) is 14.2. The summed E-state index contributed by atoms with van der Waals surface area (Å²) in [5, 5.41) is 1.91. The zero-order valence-electron chi connectivity index (χ0n) is 31.9. The molecule has 0 radical (unpaired) electrons. The van der Waals surface area contributed by atoms with E-state index in [9.17, 15) is 4.79 Å². The van der Waals surface area contributed by atoms with E-state index < -0.39 is 5.97 Å². The zero-order valence-corrected chi connectivity index (χ0v) is 32.7. The van der Waals surface area contributed by atoms with Crippen LogP contribution in [-0.4, -0.2) is 17.4 Å². The van der Waals surface area contributed by atoms with Crippen molar-refractivity contribution in [2.75, 3.05) is 6.61 Å². The van der Waals surface area contributed by atoms with Crippen molar-refractivity contribution in [3.8, 4) is 34.1 Å². The molecule has 278 valence electrons. The number of thiocarbonyl (C=S) groups is 1. The first-order valence-electron chi connectivity index (χ1n) is 19.8. The van der Waals surface area contributed by atoms with Crippen LogP contribution in [-0.2, 0) is 6.42 Å². The molecule has 0 aromatic heterocycles. The van der Waals surface area contributed by atoms with Crippen molar-refractivity contribution in [3.05, 3.63) is 120 Å². The number of hydrogen-bond donors (Lipinski definition) is 0. The standard InChI is InChI=1S/C48H56O4S/c1-4-6-7-8-9-10-11-12-13-14-31-50-43-26-19-38(20-27-43)39-21-28-45(29-22-39)52-48(49)42-18-17-41-35-46(30-23-40(41)34-42)51-44-24-15-37(16-25-44)33-47(53)32-36(3)5-2/h15-30,34-36H,4-14,31-33H2,1-3H3. The smallest absolute Gasteiger partial charge is 0.343 e. The summed E-state index contributed by atoms with van der Waals surface area (Å²) >= 11 is 5.61. The third-order valence-electron chi connectivity index (χ3n) is 9.90. The van der Waals surface area contributed by atoms with Crippen LogP contribution in [0.3, 0.4) is 0 Å². The lowest BCUT2D eigenvalue weighted by Gasteiger charge is -2.11. The number of carbonyl (C=O) groups excluding carboxylic acids is 1. The highest BCUT2D eigenvalue weighted by Crippen LogP contribution is 2.29. The number of fused-ring (bicyclic) bond motifs is 1. The van der Waals surface area contributed by atoms with Crippen LogP contribution in [0.2, 0.25) is 0 Å². The average Bonchev–Trinajstić information content (AvgIpc) is 3.18. The Morgan fingerprint density at radius 3 is 1.79 bits per heavy atom. The molecule has 0 bridgehead atoms. The molecule has 5 heteroatoms. The van der Waals surface area contributed by atoms with Crippen LogP contribution in [0.25, 0.3) is 21.9 Å². The Bertz CT molecular complexity index is 1860. The molecule has 5 rings (SSSR count). The Labute approximate surface area is 322 Å². The molecular weight excluding hydrogens is 673 g/mol. The second-order valence-electron chi connectivity index (χ2n) is 14.4. The van der Waals surface area contributed by atoms with Gasteiger partial charge in [0.1, 0.15) is 23.0 Å². The van der Waals surface area contributed by atoms with Crippen LogP contribution in [0.4, 0.5) is 0 Å². The molecule has 0 heterocycles. The van der Waals surface area contributed by atoms with Crippen LogP contribution in [0.1, 0.15) is 114 Å². The van der Waals surface area contributed by atoms with Gasteiger partial charge in [0, 0.05) is 6.42 Å². The summed E-state index contributed by atoms with van der Waals surface area (Å²) in [5.74, 6) is 3.13. The summed E-state index contributed by atoms with van der Waals surface area (Å²) in [6.07, 6.45) is 16.1. The van der Waals surface area contributed by atoms with Crippen molar-refractivity contribution in [1.82, 2.24) is 0 Å². The van der Waals surface area contributed by atoms with Gasteiger partial charge in [-0.2, -0.15) is 0 Å². The normalized spacial score (nSPS) is 11.7. The van der Waals surface area contributed by atoms with Crippen LogP contribution >= 0.6 is 12.2 Å². The number of rotatable bonds is 22. The Kier molecular flexibility index (Phi) is 15.9. The maximum atomic E-state index is 13.1. The van der Waals surface area contributed by atoms with Crippen molar-refractivity contribution in [2.45, 2.75) is 104 Å². The minimum absolute atomic E-state index is 0.396. The molecule has 0 aliphatic carbocycles. The fourth-order valence-electron chi connectivity index (χ4n) is 6.46. The molecule has 0 aliphatic heterocycles. The molecule has 0 saturated heterocycles. The van der Waals surface area contributed by atoms with Gasteiger partial charge in [-0.3, -0.25) is 0 Å². The quantitative estimate of drug-likeness (QED) is 0.0307. The Morgan fingerprint density at radius 2 is 1.15 bits per heavy atom. The third-order valence-corrected chi connectivity index (χ3v) is 10.2. The summed E-state index contributed by atoms with van der Waals surface area (Å²) in [6, 6.07) is 35.4. The highest BCUT2D eigenvalue weighted by molar-refractivity contribution is 7.80. The molecule has 1 unspecified atom stereocenters. The molecule has 0 aliphatic rings. The first-order valence-corrected chi connectivity index (χ1v) is 20.2. The zero-order chi connectivity index (χ0) is 37.3. The van der Waals surface area contributed by atoms with Gasteiger partial charge in [0.05, 0.1) is 12.2 Å². The first kappa shape index (κ1) is 39.7. The number of benzene rings is 5. The topological polar surface area (TPSA) is 44.8 Å². The maximum absolute atomic E-state index is 13.1. The second kappa shape index (κ2) is 21.3. The lowest BCUT2D eigenvalue weighted by atomic mass is 9.99. The fraction of sp³-hybridized carbons (Fsp3) is 0.375. The van der Waals surface area contributed by atoms with E-state index in [4.69, 9.17) is 26.4 Å².